The van der Waals surface area contributed by atoms with E-state index in [1.807, 2.05) is 0 Å². The molecule has 0 bridgehead atoms. The Morgan fingerprint density at radius 2 is 2.08 bits per heavy atom. The van der Waals surface area contributed by atoms with E-state index < -0.39 is 0 Å². The molecule has 4 nitrogen and oxygen atoms in total. The van der Waals surface area contributed by atoms with Gasteiger partial charge in [0.05, 0.1) is 6.10 Å². The van der Waals surface area contributed by atoms with Crippen LogP contribution in [0.5, 0.6) is 0 Å². The average molecular weight is 330 g/mol. The molecule has 0 aromatic heterocycles. The van der Waals surface area contributed by atoms with Crippen molar-refractivity contribution in [3.63, 3.8) is 0 Å². The summed E-state index contributed by atoms with van der Waals surface area (Å²) in [5.74, 6) is 0.764. The number of carbonyl (C=O) groups excluding carboxylic acids is 1. The summed E-state index contributed by atoms with van der Waals surface area (Å²) in [5.41, 5.74) is 1.37. The number of nitrogens with zero attached hydrogens (tertiary/aromatic N) is 1. The lowest BCUT2D eigenvalue weighted by molar-refractivity contribution is -0.122. The SMILES string of the molecule is O=C(CC[C@H]1CCCO1)NC[C@H]1CCCN(Cc2ccccc2)C1. The average Bonchev–Trinajstić information content (AvgIpc) is 3.13. The van der Waals surface area contributed by atoms with E-state index in [4.69, 9.17) is 4.74 Å². The van der Waals surface area contributed by atoms with E-state index in [1.165, 1.54) is 24.9 Å². The van der Waals surface area contributed by atoms with Crippen molar-refractivity contribution in [2.75, 3.05) is 26.2 Å². The Morgan fingerprint density at radius 3 is 2.88 bits per heavy atom. The number of ether oxygens (including phenoxy) is 1. The molecule has 1 N–H and O–H groups in total. The highest BCUT2D eigenvalue weighted by atomic mass is 16.5. The van der Waals surface area contributed by atoms with E-state index >= 15 is 0 Å². The van der Waals surface area contributed by atoms with Gasteiger partial charge in [0, 0.05) is 32.7 Å². The summed E-state index contributed by atoms with van der Waals surface area (Å²) < 4.78 is 5.58. The number of nitrogens with one attached hydrogen (secondary N) is 1. The predicted octanol–water partition coefficient (Wildman–Crippen LogP) is 2.97. The molecule has 2 fully saturated rings. The van der Waals surface area contributed by atoms with Gasteiger partial charge in [-0.05, 0) is 50.1 Å². The van der Waals surface area contributed by atoms with Crippen LogP contribution in [-0.2, 0) is 16.1 Å². The second kappa shape index (κ2) is 9.19. The van der Waals surface area contributed by atoms with Gasteiger partial charge in [0.15, 0.2) is 0 Å². The summed E-state index contributed by atoms with van der Waals surface area (Å²) in [6, 6.07) is 10.7. The molecule has 1 aromatic carbocycles. The first-order chi connectivity index (χ1) is 11.8. The van der Waals surface area contributed by atoms with Crippen molar-refractivity contribution in [2.24, 2.45) is 5.92 Å². The lowest BCUT2D eigenvalue weighted by Gasteiger charge is -2.32. The number of hydrogen-bond donors (Lipinski definition) is 1. The number of piperidine rings is 1. The second-order valence-corrected chi connectivity index (χ2v) is 7.21. The lowest BCUT2D eigenvalue weighted by Crippen LogP contribution is -2.40. The van der Waals surface area contributed by atoms with Crippen LogP contribution in [0, 0.1) is 5.92 Å². The monoisotopic (exact) mass is 330 g/mol. The molecule has 0 unspecified atom stereocenters. The van der Waals surface area contributed by atoms with Gasteiger partial charge in [-0.3, -0.25) is 9.69 Å². The van der Waals surface area contributed by atoms with Crippen LogP contribution in [-0.4, -0.2) is 43.2 Å². The van der Waals surface area contributed by atoms with Crippen LogP contribution >= 0.6 is 0 Å². The van der Waals surface area contributed by atoms with Gasteiger partial charge in [-0.15, -0.1) is 0 Å². The molecule has 1 aromatic rings. The molecule has 132 valence electrons. The molecule has 2 atom stereocenters. The minimum Gasteiger partial charge on any atom is -0.378 e. The highest BCUT2D eigenvalue weighted by Gasteiger charge is 2.21. The molecule has 4 heteroatoms. The van der Waals surface area contributed by atoms with Gasteiger partial charge in [0.2, 0.25) is 5.91 Å². The zero-order valence-electron chi connectivity index (χ0n) is 14.6. The molecule has 0 aliphatic carbocycles. The van der Waals surface area contributed by atoms with Crippen molar-refractivity contribution in [1.82, 2.24) is 10.2 Å². The maximum absolute atomic E-state index is 12.0. The summed E-state index contributed by atoms with van der Waals surface area (Å²) in [4.78, 5) is 14.6. The van der Waals surface area contributed by atoms with Crippen LogP contribution in [0.2, 0.25) is 0 Å². The van der Waals surface area contributed by atoms with E-state index in [2.05, 4.69) is 40.5 Å². The largest absolute Gasteiger partial charge is 0.378 e. The summed E-state index contributed by atoms with van der Waals surface area (Å²) >= 11 is 0. The normalized spacial score (nSPS) is 24.8. The zero-order valence-corrected chi connectivity index (χ0v) is 14.6. The first-order valence-corrected chi connectivity index (χ1v) is 9.44. The first-order valence-electron chi connectivity index (χ1n) is 9.44. The first kappa shape index (κ1) is 17.4. The van der Waals surface area contributed by atoms with Crippen molar-refractivity contribution in [3.8, 4) is 0 Å². The zero-order chi connectivity index (χ0) is 16.6. The Morgan fingerprint density at radius 1 is 1.21 bits per heavy atom. The number of carbonyl (C=O) groups is 1. The van der Waals surface area contributed by atoms with Crippen molar-refractivity contribution >= 4 is 5.91 Å². The molecule has 1 amide bonds. The van der Waals surface area contributed by atoms with Crippen molar-refractivity contribution in [2.45, 2.75) is 51.2 Å². The minimum absolute atomic E-state index is 0.186. The highest BCUT2D eigenvalue weighted by Crippen LogP contribution is 2.19. The van der Waals surface area contributed by atoms with Gasteiger partial charge in [0.25, 0.3) is 0 Å². The Hall–Kier alpha value is -1.39. The molecule has 24 heavy (non-hydrogen) atoms. The quantitative estimate of drug-likeness (QED) is 0.836. The third-order valence-electron chi connectivity index (χ3n) is 5.16. The third kappa shape index (κ3) is 5.60. The van der Waals surface area contributed by atoms with Crippen LogP contribution in [0.15, 0.2) is 30.3 Å². The summed E-state index contributed by atoms with van der Waals surface area (Å²) in [7, 11) is 0. The van der Waals surface area contributed by atoms with Crippen LogP contribution in [0.3, 0.4) is 0 Å². The molecule has 2 saturated heterocycles. The molecule has 2 aliphatic heterocycles. The molecular formula is C20H30N2O2. The lowest BCUT2D eigenvalue weighted by atomic mass is 9.97. The summed E-state index contributed by atoms with van der Waals surface area (Å²) in [6.07, 6.45) is 6.49. The molecule has 0 saturated carbocycles. The fourth-order valence-corrected chi connectivity index (χ4v) is 3.81. The van der Waals surface area contributed by atoms with Gasteiger partial charge in [0.1, 0.15) is 0 Å². The van der Waals surface area contributed by atoms with Crippen molar-refractivity contribution in [3.05, 3.63) is 35.9 Å². The van der Waals surface area contributed by atoms with Crippen LogP contribution in [0.1, 0.15) is 44.1 Å². The highest BCUT2D eigenvalue weighted by molar-refractivity contribution is 5.75. The van der Waals surface area contributed by atoms with Crippen LogP contribution in [0.4, 0.5) is 0 Å². The molecular weight excluding hydrogens is 300 g/mol. The third-order valence-corrected chi connectivity index (χ3v) is 5.16. The summed E-state index contributed by atoms with van der Waals surface area (Å²) in [5, 5.41) is 3.14. The number of amides is 1. The number of likely N-dealkylation sites (tertiary alicyclic amines) is 1. The molecule has 2 aliphatic rings. The topological polar surface area (TPSA) is 41.6 Å². The predicted molar refractivity (Wildman–Crippen MR) is 95.7 cm³/mol. The van der Waals surface area contributed by atoms with Gasteiger partial charge >= 0.3 is 0 Å². The van der Waals surface area contributed by atoms with E-state index in [0.717, 1.165) is 45.5 Å². The Kier molecular flexibility index (Phi) is 6.67. The number of benzene rings is 1. The van der Waals surface area contributed by atoms with Gasteiger partial charge in [-0.2, -0.15) is 0 Å². The van der Waals surface area contributed by atoms with Gasteiger partial charge in [-0.1, -0.05) is 30.3 Å². The van der Waals surface area contributed by atoms with E-state index in [1.54, 1.807) is 0 Å². The maximum Gasteiger partial charge on any atom is 0.220 e. The second-order valence-electron chi connectivity index (χ2n) is 7.21. The Labute approximate surface area is 145 Å². The smallest absolute Gasteiger partial charge is 0.220 e. The molecule has 3 rings (SSSR count). The van der Waals surface area contributed by atoms with Crippen molar-refractivity contribution < 1.29 is 9.53 Å². The molecule has 0 radical (unpaired) electrons. The van der Waals surface area contributed by atoms with Gasteiger partial charge < -0.3 is 10.1 Å². The fraction of sp³-hybridized carbons (Fsp3) is 0.650. The van der Waals surface area contributed by atoms with E-state index in [0.29, 0.717) is 18.4 Å². The number of hydrogen-bond acceptors (Lipinski definition) is 3. The van der Waals surface area contributed by atoms with Gasteiger partial charge in [-0.25, -0.2) is 0 Å². The fourth-order valence-electron chi connectivity index (χ4n) is 3.81. The maximum atomic E-state index is 12.0. The van der Waals surface area contributed by atoms with E-state index in [9.17, 15) is 4.79 Å². The Bertz CT molecular complexity index is 500. The molecule has 0 spiro atoms. The Balaban J connectivity index is 1.35. The van der Waals surface area contributed by atoms with E-state index in [-0.39, 0.29) is 5.91 Å². The molecule has 2 heterocycles. The minimum atomic E-state index is 0.186. The number of rotatable bonds is 7. The van der Waals surface area contributed by atoms with Crippen LogP contribution < -0.4 is 5.32 Å². The van der Waals surface area contributed by atoms with Crippen LogP contribution in [0.25, 0.3) is 0 Å². The summed E-state index contributed by atoms with van der Waals surface area (Å²) in [6.45, 7) is 4.95. The van der Waals surface area contributed by atoms with Crippen molar-refractivity contribution in [1.29, 1.82) is 0 Å². The standard InChI is InChI=1S/C20H30N2O2/c23-20(11-10-19-9-5-13-24-19)21-14-18-8-4-12-22(16-18)15-17-6-2-1-3-7-17/h1-3,6-7,18-19H,4-5,8-16H2,(H,21,23)/t18-,19-/m1/s1.